The molecule has 21 heavy (non-hydrogen) atoms. The number of carbonyl (C=O) groups excluding carboxylic acids is 1. The zero-order chi connectivity index (χ0) is 15.7. The molecular formula is C16H30N4O. The van der Waals surface area contributed by atoms with Crippen LogP contribution in [-0.4, -0.2) is 42.5 Å². The summed E-state index contributed by atoms with van der Waals surface area (Å²) < 4.78 is 0. The van der Waals surface area contributed by atoms with Gasteiger partial charge in [0.25, 0.3) is 0 Å². The van der Waals surface area contributed by atoms with Crippen LogP contribution in [0.25, 0.3) is 0 Å². The number of carbonyl (C=O) groups is 1. The van der Waals surface area contributed by atoms with E-state index in [0.717, 1.165) is 58.3 Å². The highest BCUT2D eigenvalue weighted by Crippen LogP contribution is 2.21. The average molecular weight is 294 g/mol. The van der Waals surface area contributed by atoms with Gasteiger partial charge < -0.3 is 10.6 Å². The van der Waals surface area contributed by atoms with Crippen molar-refractivity contribution in [2.45, 2.75) is 57.9 Å². The number of hydrogen-bond donors (Lipinski definition) is 2. The summed E-state index contributed by atoms with van der Waals surface area (Å²) in [5.74, 6) is 0.307. The van der Waals surface area contributed by atoms with Crippen LogP contribution in [-0.2, 0) is 4.79 Å². The van der Waals surface area contributed by atoms with Gasteiger partial charge in [0.15, 0.2) is 0 Å². The number of nitriles is 1. The fraction of sp³-hybridized carbons (Fsp3) is 0.875. The van der Waals surface area contributed by atoms with Gasteiger partial charge in [0, 0.05) is 6.42 Å². The van der Waals surface area contributed by atoms with Crippen LogP contribution in [0.4, 0.5) is 0 Å². The van der Waals surface area contributed by atoms with Gasteiger partial charge >= 0.3 is 0 Å². The van der Waals surface area contributed by atoms with E-state index in [-0.39, 0.29) is 11.4 Å². The van der Waals surface area contributed by atoms with E-state index in [0.29, 0.717) is 12.3 Å². The normalized spacial score (nSPS) is 19.9. The molecule has 1 saturated heterocycles. The number of likely N-dealkylation sites (tertiary alicyclic amines) is 1. The number of nitrogens with one attached hydrogen (secondary N) is 1. The Balaban J connectivity index is 2.15. The first-order chi connectivity index (χ1) is 9.99. The first kappa shape index (κ1) is 17.9. The average Bonchev–Trinajstić information content (AvgIpc) is 2.45. The van der Waals surface area contributed by atoms with E-state index in [1.807, 2.05) is 13.8 Å². The van der Waals surface area contributed by atoms with E-state index in [1.165, 1.54) is 0 Å². The van der Waals surface area contributed by atoms with Crippen molar-refractivity contribution in [3.05, 3.63) is 0 Å². The van der Waals surface area contributed by atoms with Crippen molar-refractivity contribution in [3.63, 3.8) is 0 Å². The molecular weight excluding hydrogens is 264 g/mol. The van der Waals surface area contributed by atoms with Crippen molar-refractivity contribution < 1.29 is 4.79 Å². The minimum Gasteiger partial charge on any atom is -0.370 e. The van der Waals surface area contributed by atoms with Crippen molar-refractivity contribution in [1.82, 2.24) is 10.2 Å². The molecule has 1 rings (SSSR count). The Bertz CT molecular complexity index is 358. The van der Waals surface area contributed by atoms with Gasteiger partial charge in [-0.3, -0.25) is 10.1 Å². The summed E-state index contributed by atoms with van der Waals surface area (Å²) in [6.07, 6.45) is 5.79. The number of unbranched alkanes of at least 4 members (excludes halogenated alkanes) is 1. The summed E-state index contributed by atoms with van der Waals surface area (Å²) in [5.41, 5.74) is 4.86. The van der Waals surface area contributed by atoms with Crippen LogP contribution in [0.3, 0.4) is 0 Å². The second-order valence-electron chi connectivity index (χ2n) is 6.39. The maximum absolute atomic E-state index is 10.9. The van der Waals surface area contributed by atoms with Gasteiger partial charge in [-0.05, 0) is 71.1 Å². The van der Waals surface area contributed by atoms with Crippen LogP contribution in [0.2, 0.25) is 0 Å². The summed E-state index contributed by atoms with van der Waals surface area (Å²) in [6.45, 7) is 8.08. The topological polar surface area (TPSA) is 82.2 Å². The Morgan fingerprint density at radius 3 is 2.62 bits per heavy atom. The zero-order valence-electron chi connectivity index (χ0n) is 13.5. The molecule has 1 unspecified atom stereocenters. The van der Waals surface area contributed by atoms with E-state index < -0.39 is 0 Å². The van der Waals surface area contributed by atoms with Crippen molar-refractivity contribution >= 4 is 5.91 Å². The van der Waals surface area contributed by atoms with Gasteiger partial charge in [-0.25, -0.2) is 0 Å². The summed E-state index contributed by atoms with van der Waals surface area (Å²) >= 11 is 0. The molecule has 5 nitrogen and oxygen atoms in total. The lowest BCUT2D eigenvalue weighted by Gasteiger charge is -2.31. The first-order valence-electron chi connectivity index (χ1n) is 8.16. The monoisotopic (exact) mass is 294 g/mol. The minimum absolute atomic E-state index is 0.173. The maximum Gasteiger partial charge on any atom is 0.217 e. The molecule has 1 amide bonds. The van der Waals surface area contributed by atoms with Crippen LogP contribution < -0.4 is 11.1 Å². The molecule has 1 aliphatic heterocycles. The zero-order valence-corrected chi connectivity index (χ0v) is 13.5. The van der Waals surface area contributed by atoms with E-state index in [9.17, 15) is 10.1 Å². The highest BCUT2D eigenvalue weighted by molar-refractivity contribution is 5.73. The van der Waals surface area contributed by atoms with Crippen LogP contribution in [0, 0.1) is 17.2 Å². The Kier molecular flexibility index (Phi) is 7.69. The van der Waals surface area contributed by atoms with Gasteiger partial charge in [-0.15, -0.1) is 0 Å². The molecule has 1 aliphatic rings. The predicted molar refractivity (Wildman–Crippen MR) is 84.5 cm³/mol. The Labute approximate surface area is 128 Å². The molecule has 0 radical (unpaired) electrons. The van der Waals surface area contributed by atoms with Gasteiger partial charge in [0.2, 0.25) is 5.91 Å². The first-order valence-corrected chi connectivity index (χ1v) is 8.16. The largest absolute Gasteiger partial charge is 0.370 e. The molecule has 3 N–H and O–H groups in total. The summed E-state index contributed by atoms with van der Waals surface area (Å²) in [6, 6.07) is 2.37. The number of amides is 1. The third-order valence-corrected chi connectivity index (χ3v) is 4.41. The maximum atomic E-state index is 10.9. The predicted octanol–water partition coefficient (Wildman–Crippen LogP) is 1.64. The lowest BCUT2D eigenvalue weighted by molar-refractivity contribution is -0.119. The Hall–Kier alpha value is -1.12. The summed E-state index contributed by atoms with van der Waals surface area (Å²) in [5, 5.41) is 12.5. The van der Waals surface area contributed by atoms with E-state index in [2.05, 4.69) is 16.3 Å². The van der Waals surface area contributed by atoms with Crippen molar-refractivity contribution in [2.75, 3.05) is 26.2 Å². The quantitative estimate of drug-likeness (QED) is 0.633. The molecule has 1 atom stereocenters. The fourth-order valence-electron chi connectivity index (χ4n) is 3.09. The molecule has 0 saturated carbocycles. The fourth-order valence-corrected chi connectivity index (χ4v) is 3.09. The standard InChI is InChI=1S/C16H30N4O/c1-3-19-16(2,13-17)8-4-5-9-20-10-6-14(7-11-20)12-15(18)21/h14,19H,3-12H2,1-2H3,(H2,18,21). The smallest absolute Gasteiger partial charge is 0.217 e. The molecule has 0 aromatic carbocycles. The highest BCUT2D eigenvalue weighted by atomic mass is 16.1. The van der Waals surface area contributed by atoms with Crippen LogP contribution >= 0.6 is 0 Å². The number of hydrogen-bond acceptors (Lipinski definition) is 4. The molecule has 0 aliphatic carbocycles. The van der Waals surface area contributed by atoms with Gasteiger partial charge in [-0.1, -0.05) is 6.92 Å². The van der Waals surface area contributed by atoms with Crippen LogP contribution in [0.1, 0.15) is 52.4 Å². The van der Waals surface area contributed by atoms with Gasteiger partial charge in [0.05, 0.1) is 6.07 Å². The number of rotatable bonds is 9. The molecule has 0 aromatic rings. The van der Waals surface area contributed by atoms with Crippen LogP contribution in [0.5, 0.6) is 0 Å². The lowest BCUT2D eigenvalue weighted by Crippen LogP contribution is -2.41. The number of piperidine rings is 1. The Morgan fingerprint density at radius 1 is 1.43 bits per heavy atom. The molecule has 0 aromatic heterocycles. The summed E-state index contributed by atoms with van der Waals surface area (Å²) in [4.78, 5) is 13.4. The van der Waals surface area contributed by atoms with E-state index in [1.54, 1.807) is 0 Å². The van der Waals surface area contributed by atoms with Gasteiger partial charge in [-0.2, -0.15) is 5.26 Å². The molecule has 1 heterocycles. The highest BCUT2D eigenvalue weighted by Gasteiger charge is 2.22. The third-order valence-electron chi connectivity index (χ3n) is 4.41. The number of nitrogens with zero attached hydrogens (tertiary/aromatic N) is 2. The lowest BCUT2D eigenvalue weighted by atomic mass is 9.93. The number of primary amides is 1. The second-order valence-corrected chi connectivity index (χ2v) is 6.39. The van der Waals surface area contributed by atoms with E-state index >= 15 is 0 Å². The molecule has 120 valence electrons. The SMILES string of the molecule is CCNC(C)(C#N)CCCCN1CCC(CC(N)=O)CC1. The minimum atomic E-state index is -0.386. The second kappa shape index (κ2) is 9.01. The molecule has 5 heteroatoms. The molecule has 1 fully saturated rings. The Morgan fingerprint density at radius 2 is 2.10 bits per heavy atom. The van der Waals surface area contributed by atoms with Crippen LogP contribution in [0.15, 0.2) is 0 Å². The molecule has 0 bridgehead atoms. The van der Waals surface area contributed by atoms with Crippen molar-refractivity contribution in [3.8, 4) is 6.07 Å². The summed E-state index contributed by atoms with van der Waals surface area (Å²) in [7, 11) is 0. The van der Waals surface area contributed by atoms with Crippen molar-refractivity contribution in [2.24, 2.45) is 11.7 Å². The van der Waals surface area contributed by atoms with Gasteiger partial charge in [0.1, 0.15) is 5.54 Å². The number of nitrogens with two attached hydrogens (primary N) is 1. The molecule has 0 spiro atoms. The van der Waals surface area contributed by atoms with Crippen molar-refractivity contribution in [1.29, 1.82) is 5.26 Å². The third kappa shape index (κ3) is 6.92. The van der Waals surface area contributed by atoms with E-state index in [4.69, 9.17) is 5.73 Å².